The lowest BCUT2D eigenvalue weighted by atomic mass is 9.79. The maximum atomic E-state index is 4.82. The summed E-state index contributed by atoms with van der Waals surface area (Å²) in [5.74, 6) is 3.03. The number of benzene rings is 1. The van der Waals surface area contributed by atoms with Crippen LogP contribution in [0.5, 0.6) is 0 Å². The van der Waals surface area contributed by atoms with Gasteiger partial charge in [0.05, 0.1) is 6.33 Å². The molecule has 6 heteroatoms. The topological polar surface area (TPSA) is 78.5 Å². The van der Waals surface area contributed by atoms with Crippen LogP contribution in [0.1, 0.15) is 81.8 Å². The van der Waals surface area contributed by atoms with Gasteiger partial charge in [-0.1, -0.05) is 51.2 Å². The Morgan fingerprint density at radius 3 is 2.55 bits per heavy atom. The summed E-state index contributed by atoms with van der Waals surface area (Å²) in [6.07, 6.45) is 13.3. The Labute approximate surface area is 184 Å². The Kier molecular flexibility index (Phi) is 5.79. The van der Waals surface area contributed by atoms with E-state index >= 15 is 0 Å². The lowest BCUT2D eigenvalue weighted by molar-refractivity contribution is 0.348. The average Bonchev–Trinajstić information content (AvgIpc) is 3.25. The molecule has 2 aliphatic rings. The summed E-state index contributed by atoms with van der Waals surface area (Å²) in [5, 5.41) is 7.10. The smallest absolute Gasteiger partial charge is 0.231 e. The highest BCUT2D eigenvalue weighted by molar-refractivity contribution is 5.84. The van der Waals surface area contributed by atoms with Crippen molar-refractivity contribution in [2.75, 3.05) is 10.6 Å². The monoisotopic (exact) mass is 418 g/mol. The van der Waals surface area contributed by atoms with Crippen LogP contribution in [0, 0.1) is 12.8 Å². The predicted octanol–water partition coefficient (Wildman–Crippen LogP) is 6.44. The minimum Gasteiger partial charge on any atom is -0.365 e. The van der Waals surface area contributed by atoms with E-state index in [1.54, 1.807) is 6.33 Å². The number of rotatable bonds is 5. The second kappa shape index (κ2) is 8.85. The molecule has 2 heterocycles. The molecule has 31 heavy (non-hydrogen) atoms. The van der Waals surface area contributed by atoms with Crippen LogP contribution in [-0.4, -0.2) is 26.0 Å². The molecule has 0 amide bonds. The number of aromatic nitrogens is 4. The van der Waals surface area contributed by atoms with E-state index in [2.05, 4.69) is 57.6 Å². The molecule has 0 spiro atoms. The number of anilines is 3. The van der Waals surface area contributed by atoms with Gasteiger partial charge in [0.25, 0.3) is 0 Å². The van der Waals surface area contributed by atoms with Gasteiger partial charge in [0.2, 0.25) is 5.95 Å². The van der Waals surface area contributed by atoms with Crippen molar-refractivity contribution in [1.82, 2.24) is 19.9 Å². The largest absolute Gasteiger partial charge is 0.365 e. The molecule has 0 radical (unpaired) electrons. The molecule has 0 unspecified atom stereocenters. The fraction of sp³-hybridized carbons (Fsp3) is 0.560. The zero-order chi connectivity index (χ0) is 21.2. The van der Waals surface area contributed by atoms with Crippen molar-refractivity contribution in [2.24, 2.45) is 5.92 Å². The van der Waals surface area contributed by atoms with Crippen molar-refractivity contribution in [1.29, 1.82) is 0 Å². The third-order valence-corrected chi connectivity index (χ3v) is 7.22. The number of aryl methyl sites for hydroxylation is 1. The first kappa shape index (κ1) is 20.3. The highest BCUT2D eigenvalue weighted by Crippen LogP contribution is 2.37. The van der Waals surface area contributed by atoms with Crippen molar-refractivity contribution < 1.29 is 0 Å². The number of imidazole rings is 1. The summed E-state index contributed by atoms with van der Waals surface area (Å²) in [6.45, 7) is 4.55. The third-order valence-electron chi connectivity index (χ3n) is 7.22. The molecular formula is C25H34N6. The van der Waals surface area contributed by atoms with Gasteiger partial charge in [-0.25, -0.2) is 4.98 Å². The minimum absolute atomic E-state index is 0.474. The molecule has 6 nitrogen and oxygen atoms in total. The van der Waals surface area contributed by atoms with E-state index in [9.17, 15) is 0 Å². The van der Waals surface area contributed by atoms with Gasteiger partial charge in [0.15, 0.2) is 11.5 Å². The number of fused-ring (bicyclic) bond motifs is 1. The van der Waals surface area contributed by atoms with Crippen molar-refractivity contribution >= 4 is 28.6 Å². The quantitative estimate of drug-likeness (QED) is 0.444. The van der Waals surface area contributed by atoms with Crippen molar-refractivity contribution in [2.45, 2.75) is 83.6 Å². The second-order valence-corrected chi connectivity index (χ2v) is 9.63. The summed E-state index contributed by atoms with van der Waals surface area (Å²) in [4.78, 5) is 17.1. The van der Waals surface area contributed by atoms with Crippen LogP contribution in [0.4, 0.5) is 17.5 Å². The third kappa shape index (κ3) is 4.53. The first-order valence-corrected chi connectivity index (χ1v) is 12.0. The van der Waals surface area contributed by atoms with Crippen LogP contribution in [0.25, 0.3) is 11.2 Å². The Bertz CT molecular complexity index is 1030. The Balaban J connectivity index is 1.36. The standard InChI is InChI=1S/C25H34N6/c1-16-8-10-18(11-9-16)19-12-13-21(17(2)14-19)29-25-30-23-22(26-15-27-23)24(31-25)28-20-6-4-3-5-7-20/h12-16,18,20H,3-11H2,1-2H3,(H3,26,27,28,29,30,31). The van der Waals surface area contributed by atoms with Crippen LogP contribution >= 0.6 is 0 Å². The van der Waals surface area contributed by atoms with Gasteiger partial charge in [-0.15, -0.1) is 0 Å². The van der Waals surface area contributed by atoms with Crippen LogP contribution in [0.2, 0.25) is 0 Å². The molecule has 2 fully saturated rings. The fourth-order valence-corrected chi connectivity index (χ4v) is 5.23. The average molecular weight is 419 g/mol. The molecule has 3 aromatic rings. The van der Waals surface area contributed by atoms with Crippen LogP contribution < -0.4 is 10.6 Å². The predicted molar refractivity (Wildman–Crippen MR) is 127 cm³/mol. The number of H-pyrrole nitrogens is 1. The summed E-state index contributed by atoms with van der Waals surface area (Å²) >= 11 is 0. The molecule has 0 aliphatic heterocycles. The second-order valence-electron chi connectivity index (χ2n) is 9.63. The van der Waals surface area contributed by atoms with Gasteiger partial charge in [-0.2, -0.15) is 9.97 Å². The summed E-state index contributed by atoms with van der Waals surface area (Å²) in [7, 11) is 0. The first-order chi connectivity index (χ1) is 15.2. The van der Waals surface area contributed by atoms with Gasteiger partial charge in [0.1, 0.15) is 5.52 Å². The van der Waals surface area contributed by atoms with Gasteiger partial charge in [-0.3, -0.25) is 0 Å². The molecule has 1 aromatic carbocycles. The van der Waals surface area contributed by atoms with Gasteiger partial charge in [0, 0.05) is 11.7 Å². The van der Waals surface area contributed by atoms with E-state index in [0.29, 0.717) is 23.6 Å². The molecule has 5 rings (SSSR count). The summed E-state index contributed by atoms with van der Waals surface area (Å²) in [6, 6.07) is 7.29. The van der Waals surface area contributed by atoms with Crippen molar-refractivity contribution in [3.63, 3.8) is 0 Å². The maximum absolute atomic E-state index is 4.82. The zero-order valence-corrected chi connectivity index (χ0v) is 18.7. The lowest BCUT2D eigenvalue weighted by Gasteiger charge is -2.27. The van der Waals surface area contributed by atoms with E-state index < -0.39 is 0 Å². The van der Waals surface area contributed by atoms with E-state index in [1.807, 2.05) is 0 Å². The molecule has 2 saturated carbocycles. The van der Waals surface area contributed by atoms with E-state index in [-0.39, 0.29) is 0 Å². The highest BCUT2D eigenvalue weighted by Gasteiger charge is 2.21. The van der Waals surface area contributed by atoms with Crippen molar-refractivity contribution in [3.05, 3.63) is 35.7 Å². The van der Waals surface area contributed by atoms with E-state index in [4.69, 9.17) is 4.98 Å². The Morgan fingerprint density at radius 1 is 0.968 bits per heavy atom. The SMILES string of the molecule is Cc1cc(C2CCC(C)CC2)ccc1Nc1nc(NC2CCCCC2)c2[nH]cnc2n1. The van der Waals surface area contributed by atoms with E-state index in [0.717, 1.165) is 22.9 Å². The first-order valence-electron chi connectivity index (χ1n) is 12.0. The number of aromatic amines is 1. The molecule has 0 saturated heterocycles. The Hall–Kier alpha value is -2.63. The lowest BCUT2D eigenvalue weighted by Crippen LogP contribution is -2.23. The maximum Gasteiger partial charge on any atom is 0.231 e. The molecule has 0 atom stereocenters. The number of hydrogen-bond acceptors (Lipinski definition) is 5. The zero-order valence-electron chi connectivity index (χ0n) is 18.7. The van der Waals surface area contributed by atoms with Crippen LogP contribution in [0.3, 0.4) is 0 Å². The molecule has 164 valence electrons. The van der Waals surface area contributed by atoms with Crippen LogP contribution in [0.15, 0.2) is 24.5 Å². The number of nitrogens with one attached hydrogen (secondary N) is 3. The van der Waals surface area contributed by atoms with Gasteiger partial charge >= 0.3 is 0 Å². The fourth-order valence-electron chi connectivity index (χ4n) is 5.23. The van der Waals surface area contributed by atoms with E-state index in [1.165, 1.54) is 68.9 Å². The molecular weight excluding hydrogens is 384 g/mol. The normalized spacial score (nSPS) is 22.5. The minimum atomic E-state index is 0.474. The number of hydrogen-bond donors (Lipinski definition) is 3. The number of nitrogens with zero attached hydrogens (tertiary/aromatic N) is 3. The molecule has 0 bridgehead atoms. The molecule has 3 N–H and O–H groups in total. The van der Waals surface area contributed by atoms with Gasteiger partial charge < -0.3 is 15.6 Å². The highest BCUT2D eigenvalue weighted by atomic mass is 15.2. The van der Waals surface area contributed by atoms with Gasteiger partial charge in [-0.05, 0) is 61.6 Å². The Morgan fingerprint density at radius 2 is 1.77 bits per heavy atom. The van der Waals surface area contributed by atoms with Crippen LogP contribution in [-0.2, 0) is 0 Å². The summed E-state index contributed by atoms with van der Waals surface area (Å²) in [5.41, 5.74) is 5.35. The van der Waals surface area contributed by atoms with Crippen molar-refractivity contribution in [3.8, 4) is 0 Å². The molecule has 2 aliphatic carbocycles. The summed E-state index contributed by atoms with van der Waals surface area (Å²) < 4.78 is 0. The molecule has 2 aromatic heterocycles.